The molecule has 0 spiro atoms. The Morgan fingerprint density at radius 2 is 2.08 bits per heavy atom. The van der Waals surface area contributed by atoms with Gasteiger partial charge in [0.2, 0.25) is 0 Å². The molecular weight excluding hydrogens is 146 g/mol. The largest absolute Gasteiger partial charge is 0.299 e. The van der Waals surface area contributed by atoms with Gasteiger partial charge in [-0.15, -0.1) is 0 Å². The smallest absolute Gasteiger partial charge is 0.0227 e. The monoisotopic (exact) mass is 167 g/mol. The summed E-state index contributed by atoms with van der Waals surface area (Å²) in [5.74, 6) is 0. The minimum absolute atomic E-state index is 1.01. The van der Waals surface area contributed by atoms with Gasteiger partial charge >= 0.3 is 0 Å². The van der Waals surface area contributed by atoms with Gasteiger partial charge in [0.15, 0.2) is 0 Å². The Kier molecular flexibility index (Phi) is 6.78. The summed E-state index contributed by atoms with van der Waals surface area (Å²) in [4.78, 5) is 2.41. The lowest BCUT2D eigenvalue weighted by Crippen LogP contribution is -2.25. The van der Waals surface area contributed by atoms with Crippen LogP contribution in [-0.2, 0) is 0 Å². The Morgan fingerprint density at radius 3 is 2.50 bits per heavy atom. The molecule has 0 aromatic rings. The molecule has 1 nitrogen and oxygen atoms in total. The van der Waals surface area contributed by atoms with E-state index in [4.69, 9.17) is 0 Å². The highest BCUT2D eigenvalue weighted by atomic mass is 15.1. The lowest BCUT2D eigenvalue weighted by molar-refractivity contribution is 0.315. The zero-order valence-electron chi connectivity index (χ0n) is 8.64. The molecule has 0 bridgehead atoms. The van der Waals surface area contributed by atoms with Crippen LogP contribution in [0.15, 0.2) is 24.3 Å². The number of rotatable bonds is 6. The van der Waals surface area contributed by atoms with Crippen LogP contribution in [0.5, 0.6) is 0 Å². The Bertz CT molecular complexity index is 147. The van der Waals surface area contributed by atoms with E-state index in [1.165, 1.54) is 18.5 Å². The van der Waals surface area contributed by atoms with Gasteiger partial charge in [-0.05, 0) is 32.0 Å². The van der Waals surface area contributed by atoms with Crippen molar-refractivity contribution >= 4 is 0 Å². The molecular formula is C11H21N. The Balaban J connectivity index is 3.76. The molecule has 0 N–H and O–H groups in total. The van der Waals surface area contributed by atoms with Crippen LogP contribution < -0.4 is 0 Å². The third-order valence-corrected chi connectivity index (χ3v) is 1.82. The van der Waals surface area contributed by atoms with Gasteiger partial charge in [0.05, 0.1) is 0 Å². The Labute approximate surface area is 76.8 Å². The molecule has 0 heterocycles. The predicted molar refractivity (Wildman–Crippen MR) is 56.4 cm³/mol. The van der Waals surface area contributed by atoms with Gasteiger partial charge in [-0.3, -0.25) is 4.90 Å². The summed E-state index contributed by atoms with van der Waals surface area (Å²) in [6, 6.07) is 0. The Morgan fingerprint density at radius 1 is 1.42 bits per heavy atom. The maximum absolute atomic E-state index is 3.99. The number of allylic oxidation sites excluding steroid dienone is 1. The van der Waals surface area contributed by atoms with Crippen molar-refractivity contribution in [2.24, 2.45) is 0 Å². The number of hydrogen-bond acceptors (Lipinski definition) is 1. The third-order valence-electron chi connectivity index (χ3n) is 1.82. The zero-order chi connectivity index (χ0) is 9.40. The van der Waals surface area contributed by atoms with Crippen molar-refractivity contribution in [2.75, 3.05) is 19.6 Å². The van der Waals surface area contributed by atoms with Crippen molar-refractivity contribution in [1.29, 1.82) is 0 Å². The number of likely N-dealkylation sites (N-methyl/N-ethyl adjacent to an activating group) is 1. The van der Waals surface area contributed by atoms with Crippen molar-refractivity contribution in [1.82, 2.24) is 4.90 Å². The Hall–Kier alpha value is -0.560. The summed E-state index contributed by atoms with van der Waals surface area (Å²) < 4.78 is 0. The van der Waals surface area contributed by atoms with Gasteiger partial charge in [0.1, 0.15) is 0 Å². The minimum Gasteiger partial charge on any atom is -0.299 e. The topological polar surface area (TPSA) is 3.24 Å². The van der Waals surface area contributed by atoms with Crippen LogP contribution in [0.25, 0.3) is 0 Å². The van der Waals surface area contributed by atoms with Crippen LogP contribution in [0.2, 0.25) is 0 Å². The van der Waals surface area contributed by atoms with Crippen LogP contribution >= 0.6 is 0 Å². The average Bonchev–Trinajstić information content (AvgIpc) is 2.04. The van der Waals surface area contributed by atoms with Gasteiger partial charge < -0.3 is 0 Å². The molecule has 0 rings (SSSR count). The van der Waals surface area contributed by atoms with Crippen molar-refractivity contribution in [3.8, 4) is 0 Å². The molecule has 0 saturated heterocycles. The first-order chi connectivity index (χ1) is 5.74. The van der Waals surface area contributed by atoms with Crippen molar-refractivity contribution in [3.05, 3.63) is 24.3 Å². The fourth-order valence-corrected chi connectivity index (χ4v) is 1.24. The fourth-order valence-electron chi connectivity index (χ4n) is 1.24. The average molecular weight is 167 g/mol. The normalized spacial score (nSPS) is 11.3. The molecule has 70 valence electrons. The molecule has 0 atom stereocenters. The SMILES string of the molecule is C=C(/C=C\C)CN(CC)CCC. The summed E-state index contributed by atoms with van der Waals surface area (Å²) in [5, 5.41) is 0. The van der Waals surface area contributed by atoms with Gasteiger partial charge in [-0.2, -0.15) is 0 Å². The van der Waals surface area contributed by atoms with E-state index < -0.39 is 0 Å². The maximum Gasteiger partial charge on any atom is 0.0227 e. The quantitative estimate of drug-likeness (QED) is 0.550. The second kappa shape index (κ2) is 7.11. The van der Waals surface area contributed by atoms with E-state index in [0.717, 1.165) is 13.1 Å². The molecule has 0 amide bonds. The van der Waals surface area contributed by atoms with Crippen LogP contribution in [0.4, 0.5) is 0 Å². The zero-order valence-corrected chi connectivity index (χ0v) is 8.64. The first-order valence-electron chi connectivity index (χ1n) is 4.77. The number of nitrogens with zero attached hydrogens (tertiary/aromatic N) is 1. The van der Waals surface area contributed by atoms with Gasteiger partial charge in [-0.25, -0.2) is 0 Å². The van der Waals surface area contributed by atoms with Gasteiger partial charge in [0, 0.05) is 6.54 Å². The van der Waals surface area contributed by atoms with E-state index >= 15 is 0 Å². The minimum atomic E-state index is 1.01. The molecule has 1 heteroatoms. The molecule has 0 aromatic heterocycles. The first kappa shape index (κ1) is 11.4. The van der Waals surface area contributed by atoms with Gasteiger partial charge in [-0.1, -0.05) is 32.6 Å². The second-order valence-electron chi connectivity index (χ2n) is 3.03. The van der Waals surface area contributed by atoms with E-state index in [-0.39, 0.29) is 0 Å². The van der Waals surface area contributed by atoms with Crippen molar-refractivity contribution in [2.45, 2.75) is 27.2 Å². The van der Waals surface area contributed by atoms with E-state index in [0.29, 0.717) is 0 Å². The lowest BCUT2D eigenvalue weighted by Gasteiger charge is -2.19. The molecule has 0 radical (unpaired) electrons. The van der Waals surface area contributed by atoms with E-state index in [9.17, 15) is 0 Å². The third kappa shape index (κ3) is 5.14. The predicted octanol–water partition coefficient (Wildman–Crippen LogP) is 2.85. The molecule has 0 fully saturated rings. The molecule has 0 aliphatic heterocycles. The van der Waals surface area contributed by atoms with Crippen LogP contribution in [0.1, 0.15) is 27.2 Å². The van der Waals surface area contributed by atoms with Crippen molar-refractivity contribution < 1.29 is 0 Å². The summed E-state index contributed by atoms with van der Waals surface area (Å²) in [5.41, 5.74) is 1.20. The summed E-state index contributed by atoms with van der Waals surface area (Å²) in [6.07, 6.45) is 5.34. The lowest BCUT2D eigenvalue weighted by atomic mass is 10.2. The van der Waals surface area contributed by atoms with E-state index in [1.807, 2.05) is 13.0 Å². The highest BCUT2D eigenvalue weighted by molar-refractivity contribution is 5.15. The van der Waals surface area contributed by atoms with E-state index in [1.54, 1.807) is 0 Å². The molecule has 0 aliphatic carbocycles. The van der Waals surface area contributed by atoms with Gasteiger partial charge in [0.25, 0.3) is 0 Å². The van der Waals surface area contributed by atoms with E-state index in [2.05, 4.69) is 31.4 Å². The summed E-state index contributed by atoms with van der Waals surface area (Å²) in [7, 11) is 0. The molecule has 0 aromatic carbocycles. The van der Waals surface area contributed by atoms with Crippen LogP contribution in [0, 0.1) is 0 Å². The van der Waals surface area contributed by atoms with Crippen LogP contribution in [-0.4, -0.2) is 24.5 Å². The van der Waals surface area contributed by atoms with Crippen molar-refractivity contribution in [3.63, 3.8) is 0 Å². The molecule has 0 aliphatic rings. The number of hydrogen-bond donors (Lipinski definition) is 0. The maximum atomic E-state index is 3.99. The second-order valence-corrected chi connectivity index (χ2v) is 3.03. The standard InChI is InChI=1S/C11H21N/c1-5-8-11(4)10-12(7-3)9-6-2/h5,8H,4,6-7,9-10H2,1-3H3/b8-5-. The highest BCUT2D eigenvalue weighted by Crippen LogP contribution is 1.99. The summed E-state index contributed by atoms with van der Waals surface area (Å²) >= 11 is 0. The molecule has 0 saturated carbocycles. The first-order valence-corrected chi connectivity index (χ1v) is 4.77. The summed E-state index contributed by atoms with van der Waals surface area (Å²) in [6.45, 7) is 13.7. The molecule has 0 unspecified atom stereocenters. The van der Waals surface area contributed by atoms with Crippen LogP contribution in [0.3, 0.4) is 0 Å². The fraction of sp³-hybridized carbons (Fsp3) is 0.636. The highest BCUT2D eigenvalue weighted by Gasteiger charge is 1.99. The molecule has 12 heavy (non-hydrogen) atoms.